The molecule has 1 atom stereocenters. The van der Waals surface area contributed by atoms with Gasteiger partial charge in [0.25, 0.3) is 0 Å². The lowest BCUT2D eigenvalue weighted by molar-refractivity contribution is 0.258. The van der Waals surface area contributed by atoms with Crippen molar-refractivity contribution in [3.63, 3.8) is 0 Å². The van der Waals surface area contributed by atoms with Gasteiger partial charge in [-0.15, -0.1) is 0 Å². The summed E-state index contributed by atoms with van der Waals surface area (Å²) in [4.78, 5) is 0. The second-order valence-corrected chi connectivity index (χ2v) is 5.73. The van der Waals surface area contributed by atoms with E-state index in [2.05, 4.69) is 39.8 Å². The molecule has 0 heterocycles. The topological polar surface area (TPSA) is 9.23 Å². The van der Waals surface area contributed by atoms with Gasteiger partial charge in [0, 0.05) is 0 Å². The lowest BCUT2D eigenvalue weighted by atomic mass is 9.67. The highest BCUT2D eigenvalue weighted by atomic mass is 16.5. The highest BCUT2D eigenvalue weighted by Crippen LogP contribution is 2.46. The molecule has 0 aliphatic heterocycles. The maximum atomic E-state index is 5.43. The van der Waals surface area contributed by atoms with E-state index in [0.29, 0.717) is 11.3 Å². The fourth-order valence-electron chi connectivity index (χ4n) is 2.70. The minimum absolute atomic E-state index is 0.410. The monoisotopic (exact) mass is 218 g/mol. The van der Waals surface area contributed by atoms with Gasteiger partial charge in [0.05, 0.1) is 7.11 Å². The van der Waals surface area contributed by atoms with E-state index < -0.39 is 0 Å². The molecule has 0 saturated carbocycles. The normalized spacial score (nSPS) is 22.7. The van der Waals surface area contributed by atoms with Gasteiger partial charge in [-0.2, -0.15) is 0 Å². The van der Waals surface area contributed by atoms with Crippen LogP contribution in [0.1, 0.15) is 49.8 Å². The van der Waals surface area contributed by atoms with E-state index in [-0.39, 0.29) is 0 Å². The molecule has 1 unspecified atom stereocenters. The third-order valence-electron chi connectivity index (χ3n) is 4.33. The molecule has 0 amide bonds. The zero-order valence-corrected chi connectivity index (χ0v) is 11.1. The van der Waals surface area contributed by atoms with Gasteiger partial charge >= 0.3 is 0 Å². The average Bonchev–Trinajstić information content (AvgIpc) is 2.24. The first kappa shape index (κ1) is 11.5. The molecule has 1 aromatic carbocycles. The molecule has 2 rings (SSSR count). The molecule has 0 aromatic heterocycles. The van der Waals surface area contributed by atoms with E-state index in [0.717, 1.165) is 5.75 Å². The molecule has 0 N–H and O–H groups in total. The maximum absolute atomic E-state index is 5.43. The van der Waals surface area contributed by atoms with Crippen molar-refractivity contribution >= 4 is 0 Å². The number of aryl methyl sites for hydroxylation is 2. The van der Waals surface area contributed by atoms with Gasteiger partial charge < -0.3 is 4.74 Å². The average molecular weight is 218 g/mol. The van der Waals surface area contributed by atoms with E-state index in [1.807, 2.05) is 0 Å². The molecular weight excluding hydrogens is 196 g/mol. The number of hydrogen-bond acceptors (Lipinski definition) is 1. The Morgan fingerprint density at radius 1 is 1.31 bits per heavy atom. The summed E-state index contributed by atoms with van der Waals surface area (Å²) in [6.45, 7) is 9.20. The van der Waals surface area contributed by atoms with E-state index in [9.17, 15) is 0 Å². The van der Waals surface area contributed by atoms with Gasteiger partial charge in [0.2, 0.25) is 0 Å². The van der Waals surface area contributed by atoms with Gasteiger partial charge in [0.15, 0.2) is 0 Å². The Kier molecular flexibility index (Phi) is 2.73. The van der Waals surface area contributed by atoms with Gasteiger partial charge in [0.1, 0.15) is 5.75 Å². The molecule has 1 nitrogen and oxygen atoms in total. The highest BCUT2D eigenvalue weighted by Gasteiger charge is 2.33. The van der Waals surface area contributed by atoms with Crippen LogP contribution in [0.4, 0.5) is 0 Å². The van der Waals surface area contributed by atoms with E-state index >= 15 is 0 Å². The van der Waals surface area contributed by atoms with Gasteiger partial charge in [-0.3, -0.25) is 0 Å². The van der Waals surface area contributed by atoms with Crippen LogP contribution >= 0.6 is 0 Å². The Morgan fingerprint density at radius 2 is 2.00 bits per heavy atom. The Labute approximate surface area is 98.8 Å². The van der Waals surface area contributed by atoms with Crippen molar-refractivity contribution in [1.82, 2.24) is 0 Å². The van der Waals surface area contributed by atoms with Crippen molar-refractivity contribution in [2.45, 2.75) is 46.5 Å². The van der Waals surface area contributed by atoms with Crippen LogP contribution in [0.25, 0.3) is 0 Å². The summed E-state index contributed by atoms with van der Waals surface area (Å²) < 4.78 is 5.43. The predicted molar refractivity (Wildman–Crippen MR) is 68.2 cm³/mol. The van der Waals surface area contributed by atoms with Gasteiger partial charge in [-0.1, -0.05) is 26.8 Å². The predicted octanol–water partition coefficient (Wildman–Crippen LogP) is 4.08. The van der Waals surface area contributed by atoms with Crippen LogP contribution in [0.3, 0.4) is 0 Å². The van der Waals surface area contributed by atoms with Crippen molar-refractivity contribution < 1.29 is 4.74 Å². The van der Waals surface area contributed by atoms with Crippen LogP contribution in [-0.2, 0) is 6.42 Å². The maximum Gasteiger partial charge on any atom is 0.122 e. The van der Waals surface area contributed by atoms with Crippen molar-refractivity contribution in [2.24, 2.45) is 5.41 Å². The van der Waals surface area contributed by atoms with E-state index in [4.69, 9.17) is 4.74 Å². The van der Waals surface area contributed by atoms with Gasteiger partial charge in [-0.25, -0.2) is 0 Å². The Hall–Kier alpha value is -0.980. The number of fused-ring (bicyclic) bond motifs is 1. The highest BCUT2D eigenvalue weighted by molar-refractivity contribution is 5.45. The van der Waals surface area contributed by atoms with Crippen molar-refractivity contribution in [3.8, 4) is 5.75 Å². The molecule has 0 spiro atoms. The fourth-order valence-corrected chi connectivity index (χ4v) is 2.70. The SMILES string of the molecule is COc1cc2c(cc1C)CCC(C)(C)C2C. The smallest absolute Gasteiger partial charge is 0.122 e. The second kappa shape index (κ2) is 3.80. The molecule has 1 aliphatic carbocycles. The van der Waals surface area contributed by atoms with E-state index in [1.165, 1.54) is 29.5 Å². The Balaban J connectivity index is 2.51. The van der Waals surface area contributed by atoms with Crippen LogP contribution in [0.2, 0.25) is 0 Å². The molecular formula is C15H22O. The molecule has 1 heteroatoms. The van der Waals surface area contributed by atoms with Crippen molar-refractivity contribution in [2.75, 3.05) is 7.11 Å². The van der Waals surface area contributed by atoms with Gasteiger partial charge in [-0.05, 0) is 53.9 Å². The summed E-state index contributed by atoms with van der Waals surface area (Å²) in [5.41, 5.74) is 4.67. The molecule has 1 aliphatic rings. The summed E-state index contributed by atoms with van der Waals surface area (Å²) >= 11 is 0. The zero-order chi connectivity index (χ0) is 11.9. The molecule has 0 fully saturated rings. The van der Waals surface area contributed by atoms with Crippen LogP contribution in [0.5, 0.6) is 5.75 Å². The minimum Gasteiger partial charge on any atom is -0.496 e. The number of benzene rings is 1. The van der Waals surface area contributed by atoms with E-state index in [1.54, 1.807) is 7.11 Å². The third kappa shape index (κ3) is 1.73. The number of rotatable bonds is 1. The first-order chi connectivity index (χ1) is 7.45. The van der Waals surface area contributed by atoms with Crippen LogP contribution in [-0.4, -0.2) is 7.11 Å². The zero-order valence-electron chi connectivity index (χ0n) is 11.1. The lowest BCUT2D eigenvalue weighted by Crippen LogP contribution is -2.26. The number of methoxy groups -OCH3 is 1. The molecule has 0 bridgehead atoms. The third-order valence-corrected chi connectivity index (χ3v) is 4.33. The fraction of sp³-hybridized carbons (Fsp3) is 0.600. The second-order valence-electron chi connectivity index (χ2n) is 5.73. The minimum atomic E-state index is 0.410. The molecule has 88 valence electrons. The lowest BCUT2D eigenvalue weighted by Gasteiger charge is -2.38. The summed E-state index contributed by atoms with van der Waals surface area (Å²) in [7, 11) is 1.76. The summed E-state index contributed by atoms with van der Waals surface area (Å²) in [6.07, 6.45) is 2.49. The van der Waals surface area contributed by atoms with Crippen LogP contribution < -0.4 is 4.74 Å². The molecule has 0 radical (unpaired) electrons. The first-order valence-electron chi connectivity index (χ1n) is 6.13. The number of ether oxygens (including phenoxy) is 1. The molecule has 0 saturated heterocycles. The Bertz CT molecular complexity index is 404. The number of hydrogen-bond donors (Lipinski definition) is 0. The van der Waals surface area contributed by atoms with Crippen LogP contribution in [0, 0.1) is 12.3 Å². The van der Waals surface area contributed by atoms with Crippen LogP contribution in [0.15, 0.2) is 12.1 Å². The first-order valence-corrected chi connectivity index (χ1v) is 6.13. The largest absolute Gasteiger partial charge is 0.496 e. The van der Waals surface area contributed by atoms with Crippen molar-refractivity contribution in [3.05, 3.63) is 28.8 Å². The quantitative estimate of drug-likeness (QED) is 0.690. The summed E-state index contributed by atoms with van der Waals surface area (Å²) in [6, 6.07) is 4.55. The molecule has 16 heavy (non-hydrogen) atoms. The standard InChI is InChI=1S/C15H22O/c1-10-8-12-6-7-15(3,4)11(2)13(12)9-14(10)16-5/h8-9,11H,6-7H2,1-5H3. The summed E-state index contributed by atoms with van der Waals surface area (Å²) in [5, 5.41) is 0. The Morgan fingerprint density at radius 3 is 2.62 bits per heavy atom. The molecule has 1 aromatic rings. The summed E-state index contributed by atoms with van der Waals surface area (Å²) in [5.74, 6) is 1.65. The van der Waals surface area contributed by atoms with Crippen molar-refractivity contribution in [1.29, 1.82) is 0 Å².